The molecule has 2 heterocycles. The molecule has 0 atom stereocenters. The van der Waals surface area contributed by atoms with E-state index in [-0.39, 0.29) is 0 Å². The fourth-order valence-corrected chi connectivity index (χ4v) is 16.3. The molecule has 0 aliphatic rings. The van der Waals surface area contributed by atoms with Gasteiger partial charge in [0.15, 0.2) is 8.07 Å². The van der Waals surface area contributed by atoms with Gasteiger partial charge in [0, 0.05) is 32.9 Å². The quantitative estimate of drug-likeness (QED) is 0.0818. The first-order chi connectivity index (χ1) is 33.2. The Balaban J connectivity index is 0.834. The highest BCUT2D eigenvalue weighted by atomic mass is 28.3. The molecular formula is C64H42N2Si. The van der Waals surface area contributed by atoms with Crippen LogP contribution in [0.3, 0.4) is 0 Å². The molecule has 0 aliphatic carbocycles. The highest BCUT2D eigenvalue weighted by Gasteiger charge is 2.41. The highest BCUT2D eigenvalue weighted by Crippen LogP contribution is 2.40. The molecule has 14 rings (SSSR count). The number of nitrogens with zero attached hydrogens (tertiary/aromatic N) is 2. The predicted octanol–water partition coefficient (Wildman–Crippen LogP) is 13.8. The molecule has 2 nitrogen and oxygen atoms in total. The SMILES string of the molecule is c1ccc([Si](c2ccccc2)(c2ccc(-c3ccc(-n4c5cccc6ccc7cccc4c7c65)cc3)cc2)c2ccc(-c3ccc(-n4c5cccc6ccc7cccc4c7c65)cc3)cc2)cc1. The maximum absolute atomic E-state index is 2.77. The average Bonchev–Trinajstić information content (AvgIpc) is 3.94. The Morgan fingerprint density at radius 2 is 0.478 bits per heavy atom. The first kappa shape index (κ1) is 37.8. The van der Waals surface area contributed by atoms with Gasteiger partial charge in [0.2, 0.25) is 0 Å². The van der Waals surface area contributed by atoms with Crippen molar-refractivity contribution in [3.05, 3.63) is 255 Å². The second-order valence-electron chi connectivity index (χ2n) is 18.0. The van der Waals surface area contributed by atoms with E-state index in [4.69, 9.17) is 0 Å². The minimum absolute atomic E-state index is 1.17. The summed E-state index contributed by atoms with van der Waals surface area (Å²) in [6, 6.07) is 95.2. The van der Waals surface area contributed by atoms with Crippen molar-refractivity contribution >= 4 is 94.0 Å². The average molecular weight is 867 g/mol. The van der Waals surface area contributed by atoms with Crippen LogP contribution in [0.15, 0.2) is 255 Å². The van der Waals surface area contributed by atoms with Crippen molar-refractivity contribution in [1.29, 1.82) is 0 Å². The zero-order chi connectivity index (χ0) is 44.1. The van der Waals surface area contributed by atoms with E-state index in [0.717, 1.165) is 0 Å². The van der Waals surface area contributed by atoms with Gasteiger partial charge < -0.3 is 9.13 Å². The van der Waals surface area contributed by atoms with Gasteiger partial charge in [-0.15, -0.1) is 0 Å². The lowest BCUT2D eigenvalue weighted by atomic mass is 10.0. The first-order valence-electron chi connectivity index (χ1n) is 23.2. The molecule has 0 saturated carbocycles. The fraction of sp³-hybridized carbons (Fsp3) is 0. The number of hydrogen-bond acceptors (Lipinski definition) is 0. The van der Waals surface area contributed by atoms with Gasteiger partial charge in [-0.1, -0.05) is 206 Å². The van der Waals surface area contributed by atoms with Crippen LogP contribution in [-0.2, 0) is 0 Å². The standard InChI is InChI=1S/C64H42N2Si/c1-3-15-53(16-4-1)67(54-17-5-2-6-18-54,55-39-31-45(32-40-55)43-27-35-51(36-28-43)65-57-19-7-11-47-23-24-48-12-8-20-58(65)62(48)61(47)57)56-41-33-46(34-42-56)44-29-37-52(38-30-44)66-59-21-9-13-49-25-26-50-14-10-22-60(66)64(50)63(49)59/h1-42H. The Morgan fingerprint density at radius 3 is 0.776 bits per heavy atom. The Hall–Kier alpha value is -8.50. The Labute approximate surface area is 389 Å². The molecule has 312 valence electrons. The first-order valence-corrected chi connectivity index (χ1v) is 25.2. The topological polar surface area (TPSA) is 9.86 Å². The number of aromatic nitrogens is 2. The van der Waals surface area contributed by atoms with Crippen LogP contribution in [0.25, 0.3) is 98.8 Å². The van der Waals surface area contributed by atoms with Gasteiger partial charge in [0.1, 0.15) is 0 Å². The van der Waals surface area contributed by atoms with Crippen molar-refractivity contribution in [1.82, 2.24) is 9.13 Å². The zero-order valence-corrected chi connectivity index (χ0v) is 37.6. The van der Waals surface area contributed by atoms with E-state index in [1.807, 2.05) is 0 Å². The summed E-state index contributed by atoms with van der Waals surface area (Å²) < 4.78 is 4.85. The van der Waals surface area contributed by atoms with Crippen LogP contribution in [0.2, 0.25) is 0 Å². The molecule has 0 amide bonds. The largest absolute Gasteiger partial charge is 0.309 e. The van der Waals surface area contributed by atoms with Crippen LogP contribution in [0, 0.1) is 0 Å². The van der Waals surface area contributed by atoms with Crippen LogP contribution in [0.4, 0.5) is 0 Å². The summed E-state index contributed by atoms with van der Waals surface area (Å²) in [5, 5.41) is 15.9. The van der Waals surface area contributed by atoms with Gasteiger partial charge in [0.25, 0.3) is 0 Å². The normalized spacial score (nSPS) is 12.2. The highest BCUT2D eigenvalue weighted by molar-refractivity contribution is 7.19. The summed E-state index contributed by atoms with van der Waals surface area (Å²) in [6.07, 6.45) is 0. The Kier molecular flexibility index (Phi) is 8.34. The molecule has 0 fully saturated rings. The predicted molar refractivity (Wildman–Crippen MR) is 287 cm³/mol. The molecule has 2 aromatic heterocycles. The van der Waals surface area contributed by atoms with E-state index in [1.54, 1.807) is 0 Å². The van der Waals surface area contributed by atoms with E-state index in [0.29, 0.717) is 0 Å². The maximum Gasteiger partial charge on any atom is 0.179 e. The van der Waals surface area contributed by atoms with Crippen LogP contribution in [-0.4, -0.2) is 17.2 Å². The molecule has 3 heteroatoms. The Bertz CT molecular complexity index is 3680. The van der Waals surface area contributed by atoms with Gasteiger partial charge in [-0.25, -0.2) is 0 Å². The Morgan fingerprint density at radius 1 is 0.209 bits per heavy atom. The molecule has 0 unspecified atom stereocenters. The minimum atomic E-state index is -2.77. The molecule has 12 aromatic carbocycles. The van der Waals surface area contributed by atoms with Gasteiger partial charge in [0.05, 0.1) is 22.1 Å². The third kappa shape index (κ3) is 5.62. The van der Waals surface area contributed by atoms with Crippen molar-refractivity contribution in [3.63, 3.8) is 0 Å². The van der Waals surface area contributed by atoms with Gasteiger partial charge in [-0.3, -0.25) is 0 Å². The van der Waals surface area contributed by atoms with E-state index >= 15 is 0 Å². The maximum atomic E-state index is 2.42. The zero-order valence-electron chi connectivity index (χ0n) is 36.6. The number of benzene rings is 12. The minimum Gasteiger partial charge on any atom is -0.309 e. The summed E-state index contributed by atoms with van der Waals surface area (Å²) in [4.78, 5) is 0. The summed E-state index contributed by atoms with van der Waals surface area (Å²) in [5.41, 5.74) is 12.1. The van der Waals surface area contributed by atoms with Gasteiger partial charge in [-0.05, 0) is 113 Å². The molecule has 0 aliphatic heterocycles. The molecule has 14 aromatic rings. The lowest BCUT2D eigenvalue weighted by molar-refractivity contribution is 1.18. The van der Waals surface area contributed by atoms with Crippen LogP contribution < -0.4 is 20.7 Å². The smallest absolute Gasteiger partial charge is 0.179 e. The molecule has 67 heavy (non-hydrogen) atoms. The second-order valence-corrected chi connectivity index (χ2v) is 21.8. The molecule has 0 saturated heterocycles. The van der Waals surface area contributed by atoms with E-state index in [1.165, 1.54) is 120 Å². The van der Waals surface area contributed by atoms with Crippen molar-refractivity contribution in [2.75, 3.05) is 0 Å². The van der Waals surface area contributed by atoms with Gasteiger partial charge >= 0.3 is 0 Å². The van der Waals surface area contributed by atoms with E-state index < -0.39 is 8.07 Å². The van der Waals surface area contributed by atoms with Crippen molar-refractivity contribution in [2.24, 2.45) is 0 Å². The second kappa shape index (κ2) is 14.8. The number of rotatable bonds is 8. The van der Waals surface area contributed by atoms with E-state index in [9.17, 15) is 0 Å². The van der Waals surface area contributed by atoms with Crippen molar-refractivity contribution in [3.8, 4) is 33.6 Å². The number of hydrogen-bond donors (Lipinski definition) is 0. The van der Waals surface area contributed by atoms with Crippen LogP contribution in [0.1, 0.15) is 0 Å². The van der Waals surface area contributed by atoms with Crippen molar-refractivity contribution < 1.29 is 0 Å². The molecule has 0 N–H and O–H groups in total. The monoisotopic (exact) mass is 866 g/mol. The molecular weight excluding hydrogens is 825 g/mol. The van der Waals surface area contributed by atoms with Crippen LogP contribution in [0.5, 0.6) is 0 Å². The fourth-order valence-electron chi connectivity index (χ4n) is 11.6. The molecule has 0 radical (unpaired) electrons. The lowest BCUT2D eigenvalue weighted by Crippen LogP contribution is -2.74. The third-order valence-corrected chi connectivity index (χ3v) is 19.4. The van der Waals surface area contributed by atoms with E-state index in [2.05, 4.69) is 264 Å². The molecule has 0 bridgehead atoms. The summed E-state index contributed by atoms with van der Waals surface area (Å²) in [7, 11) is -2.77. The molecule has 0 spiro atoms. The van der Waals surface area contributed by atoms with Gasteiger partial charge in [-0.2, -0.15) is 0 Å². The summed E-state index contributed by atoms with van der Waals surface area (Å²) >= 11 is 0. The summed E-state index contributed by atoms with van der Waals surface area (Å²) in [5.74, 6) is 0. The third-order valence-electron chi connectivity index (χ3n) is 14.6. The lowest BCUT2D eigenvalue weighted by Gasteiger charge is -2.34. The van der Waals surface area contributed by atoms with Crippen molar-refractivity contribution in [2.45, 2.75) is 0 Å². The summed E-state index contributed by atoms with van der Waals surface area (Å²) in [6.45, 7) is 0. The van der Waals surface area contributed by atoms with Crippen LogP contribution >= 0.6 is 0 Å².